The molecule has 0 aromatic heterocycles. The molecule has 0 radical (unpaired) electrons. The van der Waals surface area contributed by atoms with Gasteiger partial charge >= 0.3 is 0 Å². The molecular weight excluding hydrogens is 312 g/mol. The van der Waals surface area contributed by atoms with Gasteiger partial charge in [0, 0.05) is 11.1 Å². The Balaban J connectivity index is 2.03. The fourth-order valence-electron chi connectivity index (χ4n) is 2.40. The lowest BCUT2D eigenvalue weighted by Gasteiger charge is -2.05. The van der Waals surface area contributed by atoms with Crippen LogP contribution in [0.2, 0.25) is 0 Å². The third-order valence-corrected chi connectivity index (χ3v) is 4.54. The number of aryl methyl sites for hydroxylation is 1. The maximum absolute atomic E-state index is 12.5. The molecule has 0 bridgehead atoms. The Morgan fingerprint density at radius 2 is 1.39 bits per heavy atom. The van der Waals surface area contributed by atoms with E-state index >= 15 is 0 Å². The number of rotatable bonds is 3. The number of carbonyl (C=O) groups is 1. The predicted molar refractivity (Wildman–Crippen MR) is 88.4 cm³/mol. The van der Waals surface area contributed by atoms with Gasteiger partial charge in [0.05, 0.1) is 4.90 Å². The monoisotopic (exact) mass is 326 g/mol. The lowest BCUT2D eigenvalue weighted by atomic mass is 9.99. The van der Waals surface area contributed by atoms with Gasteiger partial charge in [0.1, 0.15) is 0 Å². The Morgan fingerprint density at radius 1 is 0.826 bits per heavy atom. The molecule has 4 nitrogen and oxygen atoms in total. The molecule has 0 spiro atoms. The number of carbonyl (C=O) groups excluding carboxylic acids is 1. The summed E-state index contributed by atoms with van der Waals surface area (Å²) in [6, 6.07) is 16.6. The van der Waals surface area contributed by atoms with Gasteiger partial charge in [0.25, 0.3) is 10.1 Å². The van der Waals surface area contributed by atoms with Gasteiger partial charge in [-0.1, -0.05) is 48.0 Å². The summed E-state index contributed by atoms with van der Waals surface area (Å²) in [6.45, 7) is 1.96. The van der Waals surface area contributed by atoms with E-state index in [1.165, 1.54) is 12.1 Å². The maximum Gasteiger partial charge on any atom is 0.294 e. The van der Waals surface area contributed by atoms with Crippen LogP contribution in [0.15, 0.2) is 65.6 Å². The standard InChI is InChI=1S/C18H14O4S/c1-12-2-4-13(5-3-12)18(19)16-7-6-15-11-17(23(20,21)22)9-8-14(15)10-16/h2-11H,1H3,(H,20,21,22). The van der Waals surface area contributed by atoms with Crippen molar-refractivity contribution in [3.05, 3.63) is 77.4 Å². The first-order valence-electron chi connectivity index (χ1n) is 6.97. The molecule has 0 unspecified atom stereocenters. The minimum atomic E-state index is -4.23. The number of hydrogen-bond acceptors (Lipinski definition) is 3. The molecule has 0 saturated carbocycles. The SMILES string of the molecule is Cc1ccc(C(=O)c2ccc3cc(S(=O)(=O)O)ccc3c2)cc1. The largest absolute Gasteiger partial charge is 0.294 e. The van der Waals surface area contributed by atoms with E-state index in [0.29, 0.717) is 16.5 Å². The third kappa shape index (κ3) is 3.16. The molecule has 116 valence electrons. The number of hydrogen-bond donors (Lipinski definition) is 1. The quantitative estimate of drug-likeness (QED) is 0.589. The molecule has 3 aromatic carbocycles. The van der Waals surface area contributed by atoms with Gasteiger partial charge in [-0.05, 0) is 35.9 Å². The van der Waals surface area contributed by atoms with Crippen molar-refractivity contribution in [2.24, 2.45) is 0 Å². The summed E-state index contributed by atoms with van der Waals surface area (Å²) in [6.07, 6.45) is 0. The van der Waals surface area contributed by atoms with Gasteiger partial charge < -0.3 is 0 Å². The lowest BCUT2D eigenvalue weighted by molar-refractivity contribution is 0.103. The van der Waals surface area contributed by atoms with E-state index < -0.39 is 10.1 Å². The van der Waals surface area contributed by atoms with Crippen molar-refractivity contribution in [1.82, 2.24) is 0 Å². The second-order valence-electron chi connectivity index (χ2n) is 5.39. The highest BCUT2D eigenvalue weighted by Gasteiger charge is 2.12. The minimum absolute atomic E-state index is 0.0919. The van der Waals surface area contributed by atoms with E-state index in [2.05, 4.69) is 0 Å². The molecule has 0 amide bonds. The van der Waals surface area contributed by atoms with Crippen LogP contribution in [0.1, 0.15) is 21.5 Å². The highest BCUT2D eigenvalue weighted by atomic mass is 32.2. The summed E-state index contributed by atoms with van der Waals surface area (Å²) < 4.78 is 31.4. The molecule has 23 heavy (non-hydrogen) atoms. The predicted octanol–water partition coefficient (Wildman–Crippen LogP) is 3.63. The van der Waals surface area contributed by atoms with Crippen LogP contribution in [-0.4, -0.2) is 18.8 Å². The van der Waals surface area contributed by atoms with Crippen molar-refractivity contribution >= 4 is 26.7 Å². The Hall–Kier alpha value is -2.50. The summed E-state index contributed by atoms with van der Waals surface area (Å²) >= 11 is 0. The van der Waals surface area contributed by atoms with Crippen LogP contribution in [-0.2, 0) is 10.1 Å². The Kier molecular flexibility index (Phi) is 3.75. The Labute approximate surface area is 134 Å². The molecule has 3 rings (SSSR count). The first kappa shape index (κ1) is 15.4. The van der Waals surface area contributed by atoms with E-state index in [1.54, 1.807) is 36.4 Å². The summed E-state index contributed by atoms with van der Waals surface area (Å²) in [5, 5.41) is 1.37. The molecule has 0 aliphatic rings. The third-order valence-electron chi connectivity index (χ3n) is 3.69. The van der Waals surface area contributed by atoms with Crippen LogP contribution in [0.5, 0.6) is 0 Å². The van der Waals surface area contributed by atoms with E-state index in [1.807, 2.05) is 19.1 Å². The topological polar surface area (TPSA) is 71.4 Å². The fraction of sp³-hybridized carbons (Fsp3) is 0.0556. The number of fused-ring (bicyclic) bond motifs is 1. The van der Waals surface area contributed by atoms with Gasteiger partial charge in [-0.15, -0.1) is 0 Å². The first-order valence-corrected chi connectivity index (χ1v) is 8.41. The number of benzene rings is 3. The molecule has 0 heterocycles. The van der Waals surface area contributed by atoms with Crippen LogP contribution >= 0.6 is 0 Å². The van der Waals surface area contributed by atoms with Gasteiger partial charge in [0.15, 0.2) is 5.78 Å². The summed E-state index contributed by atoms with van der Waals surface area (Å²) in [7, 11) is -4.23. The van der Waals surface area contributed by atoms with Gasteiger partial charge in [0.2, 0.25) is 0 Å². The minimum Gasteiger partial charge on any atom is -0.289 e. The van der Waals surface area contributed by atoms with E-state index in [0.717, 1.165) is 10.9 Å². The van der Waals surface area contributed by atoms with E-state index in [-0.39, 0.29) is 10.7 Å². The van der Waals surface area contributed by atoms with Crippen molar-refractivity contribution in [1.29, 1.82) is 0 Å². The molecular formula is C18H14O4S. The van der Waals surface area contributed by atoms with Crippen molar-refractivity contribution in [2.45, 2.75) is 11.8 Å². The van der Waals surface area contributed by atoms with Crippen LogP contribution in [0.4, 0.5) is 0 Å². The molecule has 5 heteroatoms. The van der Waals surface area contributed by atoms with Crippen molar-refractivity contribution in [3.8, 4) is 0 Å². The van der Waals surface area contributed by atoms with Crippen LogP contribution in [0.3, 0.4) is 0 Å². The molecule has 3 aromatic rings. The highest BCUT2D eigenvalue weighted by molar-refractivity contribution is 7.85. The van der Waals surface area contributed by atoms with Crippen molar-refractivity contribution in [2.75, 3.05) is 0 Å². The Morgan fingerprint density at radius 3 is 2.04 bits per heavy atom. The zero-order valence-corrected chi connectivity index (χ0v) is 13.2. The smallest absolute Gasteiger partial charge is 0.289 e. The summed E-state index contributed by atoms with van der Waals surface area (Å²) in [5.74, 6) is -0.0919. The summed E-state index contributed by atoms with van der Waals surface area (Å²) in [5.41, 5.74) is 2.21. The molecule has 1 N–H and O–H groups in total. The normalized spacial score (nSPS) is 11.6. The molecule has 0 aliphatic carbocycles. The molecule has 0 atom stereocenters. The zero-order valence-electron chi connectivity index (χ0n) is 12.4. The lowest BCUT2D eigenvalue weighted by Crippen LogP contribution is -2.01. The molecule has 0 saturated heterocycles. The van der Waals surface area contributed by atoms with Gasteiger partial charge in [-0.3, -0.25) is 9.35 Å². The van der Waals surface area contributed by atoms with Crippen LogP contribution in [0, 0.1) is 6.92 Å². The van der Waals surface area contributed by atoms with E-state index in [4.69, 9.17) is 4.55 Å². The number of ketones is 1. The zero-order chi connectivity index (χ0) is 16.6. The highest BCUT2D eigenvalue weighted by Crippen LogP contribution is 2.22. The first-order chi connectivity index (χ1) is 10.8. The molecule has 0 aliphatic heterocycles. The second kappa shape index (κ2) is 5.61. The van der Waals surface area contributed by atoms with Gasteiger partial charge in [-0.25, -0.2) is 0 Å². The Bertz CT molecular complexity index is 1000. The van der Waals surface area contributed by atoms with Crippen LogP contribution < -0.4 is 0 Å². The fourth-order valence-corrected chi connectivity index (χ4v) is 2.91. The van der Waals surface area contributed by atoms with Crippen molar-refractivity contribution in [3.63, 3.8) is 0 Å². The van der Waals surface area contributed by atoms with Crippen LogP contribution in [0.25, 0.3) is 10.8 Å². The summed E-state index contributed by atoms with van der Waals surface area (Å²) in [4.78, 5) is 12.3. The van der Waals surface area contributed by atoms with Crippen molar-refractivity contribution < 1.29 is 17.8 Å². The average Bonchev–Trinajstić information content (AvgIpc) is 2.53. The average molecular weight is 326 g/mol. The second-order valence-corrected chi connectivity index (χ2v) is 6.82. The van der Waals surface area contributed by atoms with Gasteiger partial charge in [-0.2, -0.15) is 8.42 Å². The van der Waals surface area contributed by atoms with E-state index in [9.17, 15) is 13.2 Å². The maximum atomic E-state index is 12.5. The molecule has 0 fully saturated rings.